The molecule has 0 aliphatic rings. The van der Waals surface area contributed by atoms with Gasteiger partial charge in [-0.3, -0.25) is 9.59 Å². The first-order valence-corrected chi connectivity index (χ1v) is 13.0. The van der Waals surface area contributed by atoms with E-state index < -0.39 is 6.04 Å². The van der Waals surface area contributed by atoms with Crippen LogP contribution in [0.5, 0.6) is 5.75 Å². The van der Waals surface area contributed by atoms with Gasteiger partial charge in [0.1, 0.15) is 11.8 Å². The van der Waals surface area contributed by atoms with Gasteiger partial charge in [0.15, 0.2) is 6.61 Å². The number of ether oxygens (including phenoxy) is 1. The van der Waals surface area contributed by atoms with Crippen molar-refractivity contribution < 1.29 is 14.3 Å². The van der Waals surface area contributed by atoms with Crippen molar-refractivity contribution in [2.75, 3.05) is 13.2 Å². The number of hydrogen-bond acceptors (Lipinski definition) is 3. The van der Waals surface area contributed by atoms with Crippen molar-refractivity contribution in [2.24, 2.45) is 5.92 Å². The number of carbonyl (C=O) groups is 2. The summed E-state index contributed by atoms with van der Waals surface area (Å²) in [6, 6.07) is 23.8. The highest BCUT2D eigenvalue weighted by atomic mass is 127. The number of benzene rings is 3. The molecule has 1 atom stereocenters. The second-order valence-electron chi connectivity index (χ2n) is 8.70. The summed E-state index contributed by atoms with van der Waals surface area (Å²) in [5.74, 6) is 0.398. The fourth-order valence-electron chi connectivity index (χ4n) is 3.55. The van der Waals surface area contributed by atoms with E-state index in [1.807, 2.05) is 86.6 Å². The van der Waals surface area contributed by atoms with Crippen LogP contribution in [-0.4, -0.2) is 35.9 Å². The van der Waals surface area contributed by atoms with Gasteiger partial charge in [0.25, 0.3) is 5.91 Å². The minimum absolute atomic E-state index is 0.187. The summed E-state index contributed by atoms with van der Waals surface area (Å²) < 4.78 is 6.87. The number of nitrogens with one attached hydrogen (secondary N) is 1. The number of amides is 2. The first kappa shape index (κ1) is 27.0. The van der Waals surface area contributed by atoms with Crippen molar-refractivity contribution >= 4 is 46.0 Å². The molecule has 0 saturated carbocycles. The molecule has 0 spiro atoms. The molecule has 3 aromatic rings. The van der Waals surface area contributed by atoms with Crippen molar-refractivity contribution in [2.45, 2.75) is 32.9 Å². The number of halogens is 2. The van der Waals surface area contributed by atoms with E-state index in [4.69, 9.17) is 16.3 Å². The first-order valence-electron chi connectivity index (χ1n) is 11.6. The van der Waals surface area contributed by atoms with Crippen LogP contribution >= 0.6 is 34.2 Å². The predicted molar refractivity (Wildman–Crippen MR) is 148 cm³/mol. The fourth-order valence-corrected chi connectivity index (χ4v) is 4.10. The lowest BCUT2D eigenvalue weighted by molar-refractivity contribution is -0.142. The van der Waals surface area contributed by atoms with Gasteiger partial charge >= 0.3 is 0 Å². The van der Waals surface area contributed by atoms with Crippen molar-refractivity contribution in [3.63, 3.8) is 0 Å². The SMILES string of the molecule is CC(C)CNC(=O)C(Cc1ccccc1)N(Cc1ccccc1Cl)C(=O)COc1ccc(I)cc1. The lowest BCUT2D eigenvalue weighted by Crippen LogP contribution is -2.52. The van der Waals surface area contributed by atoms with Crippen molar-refractivity contribution in [3.05, 3.63) is 98.6 Å². The summed E-state index contributed by atoms with van der Waals surface area (Å²) in [6.45, 7) is 4.61. The van der Waals surface area contributed by atoms with Gasteiger partial charge in [-0.2, -0.15) is 0 Å². The maximum absolute atomic E-state index is 13.5. The van der Waals surface area contributed by atoms with Crippen LogP contribution in [0.15, 0.2) is 78.9 Å². The molecule has 1 N–H and O–H groups in total. The molecule has 1 unspecified atom stereocenters. The third-order valence-corrected chi connectivity index (χ3v) is 6.52. The Morgan fingerprint density at radius 3 is 2.29 bits per heavy atom. The van der Waals surface area contributed by atoms with Gasteiger partial charge in [-0.1, -0.05) is 74.0 Å². The van der Waals surface area contributed by atoms with Crippen LogP contribution in [0.25, 0.3) is 0 Å². The zero-order chi connectivity index (χ0) is 25.2. The van der Waals surface area contributed by atoms with Crippen molar-refractivity contribution in [1.29, 1.82) is 0 Å². The van der Waals surface area contributed by atoms with E-state index >= 15 is 0 Å². The second kappa shape index (κ2) is 13.5. The molecule has 35 heavy (non-hydrogen) atoms. The van der Waals surface area contributed by atoms with E-state index in [-0.39, 0.29) is 30.9 Å². The summed E-state index contributed by atoms with van der Waals surface area (Å²) in [5.41, 5.74) is 1.74. The third-order valence-electron chi connectivity index (χ3n) is 5.43. The molecule has 3 rings (SSSR count). The highest BCUT2D eigenvalue weighted by Gasteiger charge is 2.31. The molecule has 0 aliphatic heterocycles. The molecule has 2 amide bonds. The summed E-state index contributed by atoms with van der Waals surface area (Å²) in [4.78, 5) is 28.5. The fraction of sp³-hybridized carbons (Fsp3) is 0.286. The monoisotopic (exact) mass is 604 g/mol. The normalized spacial score (nSPS) is 11.7. The van der Waals surface area contributed by atoms with Gasteiger partial charge in [0.2, 0.25) is 5.91 Å². The zero-order valence-corrected chi connectivity index (χ0v) is 22.8. The predicted octanol–water partition coefficient (Wildman–Crippen LogP) is 5.74. The molecule has 0 fully saturated rings. The number of rotatable bonds is 11. The molecule has 5 nitrogen and oxygen atoms in total. The summed E-state index contributed by atoms with van der Waals surface area (Å²) in [6.07, 6.45) is 0.379. The molecule has 3 aromatic carbocycles. The number of carbonyl (C=O) groups excluding carboxylic acids is 2. The maximum Gasteiger partial charge on any atom is 0.261 e. The molecule has 7 heteroatoms. The second-order valence-corrected chi connectivity index (χ2v) is 10.4. The zero-order valence-electron chi connectivity index (χ0n) is 19.9. The molecule has 0 aliphatic carbocycles. The maximum atomic E-state index is 13.5. The van der Waals surface area contributed by atoms with Crippen LogP contribution in [-0.2, 0) is 22.6 Å². The van der Waals surface area contributed by atoms with E-state index in [2.05, 4.69) is 27.9 Å². The first-order chi connectivity index (χ1) is 16.8. The molecular weight excluding hydrogens is 575 g/mol. The quantitative estimate of drug-likeness (QED) is 0.284. The number of nitrogens with zero attached hydrogens (tertiary/aromatic N) is 1. The smallest absolute Gasteiger partial charge is 0.261 e. The Hall–Kier alpha value is -2.58. The standard InChI is InChI=1S/C28H30ClIN2O3/c1-20(2)17-31-28(34)26(16-21-8-4-3-5-9-21)32(18-22-10-6-7-11-25(22)29)27(33)19-35-24-14-12-23(30)13-15-24/h3-15,20,26H,16-19H2,1-2H3,(H,31,34). The lowest BCUT2D eigenvalue weighted by Gasteiger charge is -2.32. The molecule has 0 heterocycles. The highest BCUT2D eigenvalue weighted by molar-refractivity contribution is 14.1. The Morgan fingerprint density at radius 2 is 1.63 bits per heavy atom. The van der Waals surface area contributed by atoms with Crippen LogP contribution in [0, 0.1) is 9.49 Å². The van der Waals surface area contributed by atoms with E-state index in [1.54, 1.807) is 11.0 Å². The molecule has 0 radical (unpaired) electrons. The Morgan fingerprint density at radius 1 is 0.971 bits per heavy atom. The largest absolute Gasteiger partial charge is 0.484 e. The molecule has 0 bridgehead atoms. The van der Waals surface area contributed by atoms with E-state index in [0.717, 1.165) is 14.7 Å². The van der Waals surface area contributed by atoms with Gasteiger partial charge in [0, 0.05) is 28.1 Å². The van der Waals surface area contributed by atoms with Gasteiger partial charge in [0.05, 0.1) is 0 Å². The average molecular weight is 605 g/mol. The van der Waals surface area contributed by atoms with Crippen LogP contribution in [0.2, 0.25) is 5.02 Å². The Labute approximate surface area is 226 Å². The lowest BCUT2D eigenvalue weighted by atomic mass is 10.0. The topological polar surface area (TPSA) is 58.6 Å². The molecular formula is C28H30ClIN2O3. The molecule has 0 aromatic heterocycles. The molecule has 184 valence electrons. The highest BCUT2D eigenvalue weighted by Crippen LogP contribution is 2.21. The van der Waals surface area contributed by atoms with E-state index in [9.17, 15) is 9.59 Å². The Bertz CT molecular complexity index is 1110. The van der Waals surface area contributed by atoms with Gasteiger partial charge in [-0.15, -0.1) is 0 Å². The summed E-state index contributed by atoms with van der Waals surface area (Å²) in [7, 11) is 0. The minimum Gasteiger partial charge on any atom is -0.484 e. The van der Waals surface area contributed by atoms with Gasteiger partial charge in [-0.05, 0) is 70.0 Å². The summed E-state index contributed by atoms with van der Waals surface area (Å²) >= 11 is 8.65. The Balaban J connectivity index is 1.90. The van der Waals surface area contributed by atoms with Gasteiger partial charge in [-0.25, -0.2) is 0 Å². The van der Waals surface area contributed by atoms with Crippen LogP contribution in [0.1, 0.15) is 25.0 Å². The van der Waals surface area contributed by atoms with Crippen molar-refractivity contribution in [3.8, 4) is 5.75 Å². The van der Waals surface area contributed by atoms with Crippen LogP contribution in [0.4, 0.5) is 0 Å². The Kier molecular flexibility index (Phi) is 10.4. The van der Waals surface area contributed by atoms with E-state index in [1.165, 1.54) is 0 Å². The minimum atomic E-state index is -0.722. The average Bonchev–Trinajstić information content (AvgIpc) is 2.85. The summed E-state index contributed by atoms with van der Waals surface area (Å²) in [5, 5.41) is 3.56. The van der Waals surface area contributed by atoms with Crippen LogP contribution < -0.4 is 10.1 Å². The number of hydrogen-bond donors (Lipinski definition) is 1. The third kappa shape index (κ3) is 8.54. The van der Waals surface area contributed by atoms with Gasteiger partial charge < -0.3 is 15.0 Å². The molecule has 0 saturated heterocycles. The van der Waals surface area contributed by atoms with Crippen LogP contribution in [0.3, 0.4) is 0 Å². The van der Waals surface area contributed by atoms with E-state index in [0.29, 0.717) is 23.7 Å². The van der Waals surface area contributed by atoms with Crippen molar-refractivity contribution in [1.82, 2.24) is 10.2 Å².